The van der Waals surface area contributed by atoms with Crippen molar-refractivity contribution in [3.63, 3.8) is 0 Å². The molecule has 2 fully saturated rings. The molecule has 0 radical (unpaired) electrons. The average Bonchev–Trinajstić information content (AvgIpc) is 2.31. The Balaban J connectivity index is 2.38. The van der Waals surface area contributed by atoms with Gasteiger partial charge in [0, 0.05) is 13.1 Å². The Morgan fingerprint density at radius 3 is 2.33 bits per heavy atom. The smallest absolute Gasteiger partial charge is 0.314 e. The van der Waals surface area contributed by atoms with Crippen LogP contribution in [0.4, 0.5) is 17.6 Å². The largest absolute Gasteiger partial charge is 0.331 e. The maximum atomic E-state index is 12.7. The Morgan fingerprint density at radius 2 is 1.83 bits per heavy atom. The molecule has 0 unspecified atom stereocenters. The van der Waals surface area contributed by atoms with Crippen molar-refractivity contribution in [3.8, 4) is 0 Å². The zero-order valence-electron chi connectivity index (χ0n) is 5.88. The Hall–Kier alpha value is -0.0300. The van der Waals surface area contributed by atoms with E-state index in [-0.39, 0.29) is 13.1 Å². The first kappa shape index (κ1) is 8.56. The second-order valence-electron chi connectivity index (χ2n) is 3.24. The van der Waals surface area contributed by atoms with Crippen LogP contribution in [0.5, 0.6) is 0 Å². The lowest BCUT2D eigenvalue weighted by molar-refractivity contribution is -0.326. The summed E-state index contributed by atoms with van der Waals surface area (Å²) in [6, 6.07) is 0. The van der Waals surface area contributed by atoms with Gasteiger partial charge in [-0.1, -0.05) is 0 Å². The van der Waals surface area contributed by atoms with E-state index < -0.39 is 22.6 Å². The molecule has 1 N–H and O–H groups in total. The first-order valence-electron chi connectivity index (χ1n) is 3.49. The van der Waals surface area contributed by atoms with Gasteiger partial charge in [0.05, 0.1) is 5.92 Å². The van der Waals surface area contributed by atoms with Gasteiger partial charge in [-0.2, -0.15) is 17.6 Å². The zero-order chi connectivity index (χ0) is 9.20. The van der Waals surface area contributed by atoms with Crippen LogP contribution in [0.1, 0.15) is 0 Å². The molecule has 0 aromatic rings. The van der Waals surface area contributed by atoms with Crippen LogP contribution in [-0.4, -0.2) is 29.8 Å². The number of halogens is 5. The predicted molar refractivity (Wildman–Crippen MR) is 34.8 cm³/mol. The van der Waals surface area contributed by atoms with E-state index in [4.69, 9.17) is 11.6 Å². The molecular weight excluding hydrogens is 198 g/mol. The van der Waals surface area contributed by atoms with Crippen molar-refractivity contribution in [3.05, 3.63) is 0 Å². The zero-order valence-corrected chi connectivity index (χ0v) is 6.64. The molecule has 0 aromatic carbocycles. The van der Waals surface area contributed by atoms with E-state index in [0.717, 1.165) is 0 Å². The summed E-state index contributed by atoms with van der Waals surface area (Å²) >= 11 is 5.39. The number of hydrogen-bond donors (Lipinski definition) is 1. The van der Waals surface area contributed by atoms with Gasteiger partial charge in [-0.15, -0.1) is 11.6 Å². The standard InChI is InChI=1S/C6H6ClF4N/c7-4-2-12-1-3(4)5(8,9)6(4,10)11/h3,12H,1-2H2/t3-,4-/m0/s1. The Morgan fingerprint density at radius 1 is 1.25 bits per heavy atom. The summed E-state index contributed by atoms with van der Waals surface area (Å²) in [5.41, 5.74) is 0. The summed E-state index contributed by atoms with van der Waals surface area (Å²) in [7, 11) is 0. The van der Waals surface area contributed by atoms with Gasteiger partial charge >= 0.3 is 11.8 Å². The van der Waals surface area contributed by atoms with E-state index in [1.165, 1.54) is 0 Å². The molecule has 1 saturated carbocycles. The molecule has 2 aliphatic rings. The summed E-state index contributed by atoms with van der Waals surface area (Å²) in [6.07, 6.45) is 0. The lowest BCUT2D eigenvalue weighted by atomic mass is 9.67. The minimum atomic E-state index is -4.07. The van der Waals surface area contributed by atoms with E-state index in [1.54, 1.807) is 0 Å². The number of rotatable bonds is 0. The van der Waals surface area contributed by atoms with Gasteiger partial charge in [0.25, 0.3) is 0 Å². The minimum Gasteiger partial charge on any atom is -0.314 e. The van der Waals surface area contributed by atoms with Crippen molar-refractivity contribution >= 4 is 11.6 Å². The molecule has 1 heterocycles. The Kier molecular flexibility index (Phi) is 1.35. The van der Waals surface area contributed by atoms with Crippen LogP contribution >= 0.6 is 11.6 Å². The summed E-state index contributed by atoms with van der Waals surface area (Å²) in [6.45, 7) is -0.381. The van der Waals surface area contributed by atoms with Crippen LogP contribution in [0, 0.1) is 5.92 Å². The lowest BCUT2D eigenvalue weighted by Gasteiger charge is -2.52. The van der Waals surface area contributed by atoms with E-state index in [0.29, 0.717) is 0 Å². The average molecular weight is 204 g/mol. The van der Waals surface area contributed by atoms with E-state index >= 15 is 0 Å². The van der Waals surface area contributed by atoms with Gasteiger partial charge in [0.1, 0.15) is 4.87 Å². The quantitative estimate of drug-likeness (QED) is 0.464. The van der Waals surface area contributed by atoms with Crippen molar-refractivity contribution in [1.82, 2.24) is 5.32 Å². The highest BCUT2D eigenvalue weighted by Crippen LogP contribution is 2.66. The Bertz CT molecular complexity index is 229. The molecule has 1 nitrogen and oxygen atoms in total. The van der Waals surface area contributed by atoms with E-state index in [2.05, 4.69) is 5.32 Å². The fraction of sp³-hybridized carbons (Fsp3) is 1.00. The molecule has 70 valence electrons. The molecule has 2 atom stereocenters. The van der Waals surface area contributed by atoms with Gasteiger partial charge < -0.3 is 5.32 Å². The fourth-order valence-electron chi connectivity index (χ4n) is 1.85. The molecule has 1 aliphatic carbocycles. The first-order valence-corrected chi connectivity index (χ1v) is 3.87. The predicted octanol–water partition coefficient (Wildman–Crippen LogP) is 1.47. The molecule has 1 aliphatic heterocycles. The number of nitrogens with one attached hydrogen (secondary N) is 1. The molecular formula is C6H6ClF4N. The van der Waals surface area contributed by atoms with Gasteiger partial charge in [-0.25, -0.2) is 0 Å². The highest BCUT2D eigenvalue weighted by molar-refractivity contribution is 6.26. The number of fused-ring (bicyclic) bond motifs is 1. The monoisotopic (exact) mass is 203 g/mol. The SMILES string of the molecule is FC1(F)[C@H]2CNC[C@@]2(Cl)C1(F)F. The third-order valence-electron chi connectivity index (χ3n) is 2.66. The molecule has 2 rings (SSSR count). The van der Waals surface area contributed by atoms with Crippen LogP contribution in [0.2, 0.25) is 0 Å². The van der Waals surface area contributed by atoms with Gasteiger partial charge in [-0.05, 0) is 0 Å². The van der Waals surface area contributed by atoms with Gasteiger partial charge in [0.2, 0.25) is 0 Å². The van der Waals surface area contributed by atoms with Crippen LogP contribution in [-0.2, 0) is 0 Å². The maximum Gasteiger partial charge on any atom is 0.331 e. The second kappa shape index (κ2) is 1.90. The topological polar surface area (TPSA) is 12.0 Å². The summed E-state index contributed by atoms with van der Waals surface area (Å²) in [5, 5.41) is 2.44. The molecule has 0 bridgehead atoms. The molecule has 12 heavy (non-hydrogen) atoms. The van der Waals surface area contributed by atoms with Crippen LogP contribution < -0.4 is 5.32 Å². The van der Waals surface area contributed by atoms with Crippen molar-refractivity contribution in [2.45, 2.75) is 16.7 Å². The van der Waals surface area contributed by atoms with Crippen molar-refractivity contribution in [1.29, 1.82) is 0 Å². The number of alkyl halides is 5. The minimum absolute atomic E-state index is 0.133. The maximum absolute atomic E-state index is 12.7. The van der Waals surface area contributed by atoms with Gasteiger partial charge in [0.15, 0.2) is 0 Å². The molecule has 6 heteroatoms. The van der Waals surface area contributed by atoms with Crippen molar-refractivity contribution < 1.29 is 17.6 Å². The number of hydrogen-bond acceptors (Lipinski definition) is 1. The van der Waals surface area contributed by atoms with Crippen LogP contribution in [0.15, 0.2) is 0 Å². The van der Waals surface area contributed by atoms with Crippen molar-refractivity contribution in [2.24, 2.45) is 5.92 Å². The molecule has 1 saturated heterocycles. The highest BCUT2D eigenvalue weighted by Gasteiger charge is 2.87. The Labute approximate surface area is 71.1 Å². The first-order chi connectivity index (χ1) is 5.34. The molecule has 0 aromatic heterocycles. The fourth-order valence-corrected chi connectivity index (χ4v) is 2.28. The lowest BCUT2D eigenvalue weighted by Crippen LogP contribution is -2.75. The van der Waals surface area contributed by atoms with Gasteiger partial charge in [-0.3, -0.25) is 0 Å². The summed E-state index contributed by atoms with van der Waals surface area (Å²) in [5.74, 6) is -9.45. The highest BCUT2D eigenvalue weighted by atomic mass is 35.5. The second-order valence-corrected chi connectivity index (χ2v) is 3.92. The third-order valence-corrected chi connectivity index (χ3v) is 3.30. The summed E-state index contributed by atoms with van der Waals surface area (Å²) < 4.78 is 50.8. The van der Waals surface area contributed by atoms with E-state index in [1.807, 2.05) is 0 Å². The van der Waals surface area contributed by atoms with Crippen molar-refractivity contribution in [2.75, 3.05) is 13.1 Å². The van der Waals surface area contributed by atoms with E-state index in [9.17, 15) is 17.6 Å². The summed E-state index contributed by atoms with van der Waals surface area (Å²) in [4.78, 5) is -2.06. The van der Waals surface area contributed by atoms with Crippen LogP contribution in [0.25, 0.3) is 0 Å². The molecule has 0 spiro atoms. The van der Waals surface area contributed by atoms with Crippen LogP contribution in [0.3, 0.4) is 0 Å². The normalized spacial score (nSPS) is 48.2. The third kappa shape index (κ3) is 0.587. The molecule has 0 amide bonds.